The highest BCUT2D eigenvalue weighted by Gasteiger charge is 2.59. The Balaban J connectivity index is 1.52. The van der Waals surface area contributed by atoms with Gasteiger partial charge in [-0.05, 0) is 32.1 Å². The molecule has 68 heavy (non-hydrogen) atoms. The molecule has 10 atom stereocenters. The molecule has 2 fully saturated rings. The van der Waals surface area contributed by atoms with Gasteiger partial charge in [0.25, 0.3) is 8.32 Å². The quantitative estimate of drug-likeness (QED) is 0.0255. The van der Waals surface area contributed by atoms with E-state index >= 15 is 0 Å². The van der Waals surface area contributed by atoms with Crippen molar-refractivity contribution < 1.29 is 66.2 Å². The zero-order valence-corrected chi connectivity index (χ0v) is 40.2. The summed E-state index contributed by atoms with van der Waals surface area (Å²) in [7, 11) is -3.46. The maximum atomic E-state index is 12.9. The number of nitrogens with zero attached hydrogens (tertiary/aromatic N) is 3. The molecule has 0 unspecified atom stereocenters. The third-order valence-corrected chi connectivity index (χ3v) is 16.4. The fourth-order valence-electron chi connectivity index (χ4n) is 8.61. The number of hydrogen-bond donors (Lipinski definition) is 0. The number of carbonyl (C=O) groups is 4. The third kappa shape index (κ3) is 13.0. The van der Waals surface area contributed by atoms with Crippen molar-refractivity contribution in [3.8, 4) is 0 Å². The Morgan fingerprint density at radius 1 is 0.588 bits per heavy atom. The van der Waals surface area contributed by atoms with Crippen LogP contribution in [0.2, 0.25) is 5.04 Å². The predicted octanol–water partition coefficient (Wildman–Crippen LogP) is 6.24. The van der Waals surface area contributed by atoms with Gasteiger partial charge in [-0.2, -0.15) is 0 Å². The second kappa shape index (κ2) is 23.9. The molecule has 4 aromatic rings. The largest absolute Gasteiger partial charge is 0.463 e. The first-order chi connectivity index (χ1) is 32.6. The van der Waals surface area contributed by atoms with Crippen molar-refractivity contribution >= 4 is 42.6 Å². The molecule has 18 heteroatoms. The zero-order valence-electron chi connectivity index (χ0n) is 39.2. The minimum atomic E-state index is -3.46. The van der Waals surface area contributed by atoms with Gasteiger partial charge < -0.3 is 47.1 Å². The summed E-state index contributed by atoms with van der Waals surface area (Å²) in [6, 6.07) is 37.3. The van der Waals surface area contributed by atoms with Crippen LogP contribution in [0.1, 0.15) is 59.6 Å². The van der Waals surface area contributed by atoms with E-state index in [1.54, 1.807) is 0 Å². The lowest BCUT2D eigenvalue weighted by atomic mass is 9.95. The fourth-order valence-corrected chi connectivity index (χ4v) is 13.2. The van der Waals surface area contributed by atoms with Crippen LogP contribution in [0.3, 0.4) is 0 Å². The van der Waals surface area contributed by atoms with Crippen LogP contribution in [-0.2, 0) is 79.4 Å². The lowest BCUT2D eigenvalue weighted by molar-refractivity contribution is -0.348. The second-order valence-electron chi connectivity index (χ2n) is 17.4. The van der Waals surface area contributed by atoms with Gasteiger partial charge in [-0.25, -0.2) is 0 Å². The summed E-state index contributed by atoms with van der Waals surface area (Å²) in [4.78, 5) is 53.7. The summed E-state index contributed by atoms with van der Waals surface area (Å²) < 4.78 is 63.7. The number of benzene rings is 4. The molecule has 0 bridgehead atoms. The number of rotatable bonds is 19. The summed E-state index contributed by atoms with van der Waals surface area (Å²) in [6.07, 6.45) is -12.5. The van der Waals surface area contributed by atoms with Gasteiger partial charge in [-0.15, -0.1) is 0 Å². The molecule has 0 aromatic heterocycles. The third-order valence-electron chi connectivity index (χ3n) is 11.4. The Hall–Kier alpha value is -5.95. The number of esters is 4. The Morgan fingerprint density at radius 2 is 1.06 bits per heavy atom. The summed E-state index contributed by atoms with van der Waals surface area (Å²) in [5, 5.41) is 5.65. The maximum absolute atomic E-state index is 12.9. The summed E-state index contributed by atoms with van der Waals surface area (Å²) in [5.74, 6) is -3.12. The Morgan fingerprint density at radius 3 is 1.56 bits per heavy atom. The molecule has 2 heterocycles. The fraction of sp³-hybridized carbons (Fsp3) is 0.440. The van der Waals surface area contributed by atoms with E-state index in [0.717, 1.165) is 42.3 Å². The maximum Gasteiger partial charge on any atom is 0.303 e. The van der Waals surface area contributed by atoms with Crippen LogP contribution in [0.15, 0.2) is 126 Å². The topological polar surface area (TPSA) is 209 Å². The minimum absolute atomic E-state index is 0.00901. The van der Waals surface area contributed by atoms with Gasteiger partial charge in [-0.1, -0.05) is 147 Å². The normalized spacial score (nSPS) is 25.0. The molecule has 2 aliphatic rings. The van der Waals surface area contributed by atoms with Gasteiger partial charge in [0.1, 0.15) is 37.1 Å². The lowest BCUT2D eigenvalue weighted by Crippen LogP contribution is -2.71. The average molecular weight is 954 g/mol. The molecule has 17 nitrogen and oxygen atoms in total. The molecule has 4 aromatic carbocycles. The number of azide groups is 1. The van der Waals surface area contributed by atoms with Crippen molar-refractivity contribution in [3.05, 3.63) is 143 Å². The molecular weight excluding hydrogens is 895 g/mol. The highest BCUT2D eigenvalue weighted by atomic mass is 28.4. The van der Waals surface area contributed by atoms with E-state index in [1.807, 2.05) is 121 Å². The number of hydrogen-bond acceptors (Lipinski definition) is 15. The lowest BCUT2D eigenvalue weighted by Gasteiger charge is -2.51. The van der Waals surface area contributed by atoms with Gasteiger partial charge in [0.2, 0.25) is 0 Å². The standard InChI is InChI=1S/C50H59N3O14Si/c1-32(54)59-31-41-44(61-33(2)55)46(62-34(3)56)47(63-35(4)57)49(65-41)66-43-40(30-58-28-36-20-12-8-13-21-36)64-48(42(52-53-51)45(43)60-29-37-22-14-9-15-23-37)67-68(50(5,6)7,38-24-16-10-17-25-38)39-26-18-11-19-27-39/h8-27,40-49H,28-31H2,1-7H3/t40-,41-,42-,43-,44+,45-,46+,47-,48+,49+/m1/s1. The number of carbonyl (C=O) groups excluding carboxylic acids is 4. The predicted molar refractivity (Wildman–Crippen MR) is 248 cm³/mol. The van der Waals surface area contributed by atoms with Gasteiger partial charge >= 0.3 is 23.9 Å². The van der Waals surface area contributed by atoms with Gasteiger partial charge in [-0.3, -0.25) is 19.2 Å². The van der Waals surface area contributed by atoms with E-state index in [-0.39, 0.29) is 19.8 Å². The Labute approximate surface area is 396 Å². The van der Waals surface area contributed by atoms with E-state index < -0.39 is 105 Å². The van der Waals surface area contributed by atoms with Crippen molar-refractivity contribution in [2.24, 2.45) is 5.11 Å². The smallest absolute Gasteiger partial charge is 0.303 e. The highest BCUT2D eigenvalue weighted by molar-refractivity contribution is 6.99. The molecule has 0 amide bonds. The zero-order chi connectivity index (χ0) is 48.8. The van der Waals surface area contributed by atoms with Crippen molar-refractivity contribution in [1.82, 2.24) is 0 Å². The molecule has 0 spiro atoms. The molecule has 0 saturated carbocycles. The molecular formula is C50H59N3O14Si. The van der Waals surface area contributed by atoms with Crippen LogP contribution in [-0.4, -0.2) is 107 Å². The minimum Gasteiger partial charge on any atom is -0.463 e. The van der Waals surface area contributed by atoms with E-state index in [0.29, 0.717) is 0 Å². The van der Waals surface area contributed by atoms with Crippen molar-refractivity contribution in [1.29, 1.82) is 0 Å². The van der Waals surface area contributed by atoms with E-state index in [1.165, 1.54) is 6.92 Å². The van der Waals surface area contributed by atoms with Gasteiger partial charge in [0, 0.05) is 32.6 Å². The molecule has 0 N–H and O–H groups in total. The Kier molecular flexibility index (Phi) is 18.0. The first kappa shape index (κ1) is 51.4. The second-order valence-corrected chi connectivity index (χ2v) is 21.7. The van der Waals surface area contributed by atoms with Crippen LogP contribution in [0.5, 0.6) is 0 Å². The van der Waals surface area contributed by atoms with Crippen LogP contribution in [0, 0.1) is 0 Å². The molecule has 0 aliphatic carbocycles. The van der Waals surface area contributed by atoms with Crippen LogP contribution in [0.25, 0.3) is 10.4 Å². The summed E-state index contributed by atoms with van der Waals surface area (Å²) in [5.41, 5.74) is 12.0. The van der Waals surface area contributed by atoms with Crippen molar-refractivity contribution in [2.75, 3.05) is 13.2 Å². The molecule has 0 radical (unpaired) electrons. The van der Waals surface area contributed by atoms with E-state index in [4.69, 9.17) is 47.1 Å². The average Bonchev–Trinajstić information content (AvgIpc) is 3.30. The van der Waals surface area contributed by atoms with Crippen LogP contribution in [0.4, 0.5) is 0 Å². The van der Waals surface area contributed by atoms with Gasteiger partial charge in [0.15, 0.2) is 30.9 Å². The monoisotopic (exact) mass is 953 g/mol. The van der Waals surface area contributed by atoms with Crippen LogP contribution < -0.4 is 10.4 Å². The Bertz CT molecular complexity index is 2280. The summed E-state index contributed by atoms with van der Waals surface area (Å²) in [6.45, 7) is 10.4. The first-order valence-corrected chi connectivity index (χ1v) is 24.2. The van der Waals surface area contributed by atoms with Gasteiger partial charge in [0.05, 0.1) is 19.8 Å². The molecule has 362 valence electrons. The van der Waals surface area contributed by atoms with Crippen LogP contribution >= 0.6 is 0 Å². The molecule has 2 aliphatic heterocycles. The van der Waals surface area contributed by atoms with E-state index in [2.05, 4.69) is 30.8 Å². The molecule has 2 saturated heterocycles. The number of ether oxygens (including phenoxy) is 9. The molecule has 6 rings (SSSR count). The first-order valence-electron chi connectivity index (χ1n) is 22.3. The van der Waals surface area contributed by atoms with Crippen molar-refractivity contribution in [3.63, 3.8) is 0 Å². The summed E-state index contributed by atoms with van der Waals surface area (Å²) >= 11 is 0. The highest BCUT2D eigenvalue weighted by Crippen LogP contribution is 2.42. The SMILES string of the molecule is CC(=O)OC[C@H]1O[C@@H](O[C@H]2[C@H](OCc3ccccc3)[C@@H](N=[N+]=[N-])[C@H](O[Si](c3ccccc3)(c3ccccc3)C(C)(C)C)O[C@@H]2COCc2ccccc2)[C@H](OC(C)=O)[C@@H](OC(C)=O)[C@H]1OC(C)=O. The van der Waals surface area contributed by atoms with Crippen molar-refractivity contribution in [2.45, 2.75) is 128 Å². The van der Waals surface area contributed by atoms with E-state index in [9.17, 15) is 24.7 Å².